The first-order chi connectivity index (χ1) is 6.27. The Morgan fingerprint density at radius 2 is 1.38 bits per heavy atom. The Kier molecular flexibility index (Phi) is 9.96. The number of hydrogen-bond acceptors (Lipinski definition) is 0. The molecule has 0 aromatic heterocycles. The van der Waals surface area contributed by atoms with Crippen LogP contribution in [0.2, 0.25) is 0 Å². The molecule has 0 heterocycles. The van der Waals surface area contributed by atoms with Gasteiger partial charge in [0.1, 0.15) is 6.17 Å². The van der Waals surface area contributed by atoms with Gasteiger partial charge in [0.05, 0.1) is 0 Å². The van der Waals surface area contributed by atoms with E-state index >= 15 is 0 Å². The van der Waals surface area contributed by atoms with Crippen LogP contribution in [0.4, 0.5) is 4.39 Å². The summed E-state index contributed by atoms with van der Waals surface area (Å²) < 4.78 is 12.3. The molecule has 0 aromatic rings. The minimum absolute atomic E-state index is 0.648. The van der Waals surface area contributed by atoms with Crippen molar-refractivity contribution in [3.8, 4) is 0 Å². The second-order valence-electron chi connectivity index (χ2n) is 3.86. The zero-order valence-corrected chi connectivity index (χ0v) is 9.03. The number of rotatable bonds is 9. The maximum absolute atomic E-state index is 12.3. The van der Waals surface area contributed by atoms with E-state index in [2.05, 4.69) is 13.8 Å². The Hall–Kier alpha value is -0.0700. The molecule has 0 aliphatic rings. The fraction of sp³-hybridized carbons (Fsp3) is 0.917. The first kappa shape index (κ1) is 12.9. The van der Waals surface area contributed by atoms with Gasteiger partial charge in [0.2, 0.25) is 0 Å². The number of unbranched alkanes of at least 4 members (excludes halogenated alkanes) is 7. The average Bonchev–Trinajstić information content (AvgIpc) is 2.09. The molecular formula is C12H24F. The van der Waals surface area contributed by atoms with Crippen LogP contribution in [0.3, 0.4) is 0 Å². The van der Waals surface area contributed by atoms with Crippen LogP contribution in [-0.2, 0) is 0 Å². The first-order valence-electron chi connectivity index (χ1n) is 5.74. The van der Waals surface area contributed by atoms with Gasteiger partial charge in [-0.05, 0) is 13.3 Å². The highest BCUT2D eigenvalue weighted by molar-refractivity contribution is 4.57. The smallest absolute Gasteiger partial charge is 0.100 e. The molecule has 0 bridgehead atoms. The van der Waals surface area contributed by atoms with Gasteiger partial charge in [0.15, 0.2) is 0 Å². The molecule has 0 aliphatic heterocycles. The predicted octanol–water partition coefficient (Wildman–Crippen LogP) is 4.69. The lowest BCUT2D eigenvalue weighted by Crippen LogP contribution is -1.91. The Labute approximate surface area is 82.9 Å². The van der Waals surface area contributed by atoms with Crippen LogP contribution in [0.1, 0.15) is 64.7 Å². The van der Waals surface area contributed by atoms with Crippen molar-refractivity contribution in [2.75, 3.05) is 0 Å². The van der Waals surface area contributed by atoms with Gasteiger partial charge in [0.25, 0.3) is 0 Å². The summed E-state index contributed by atoms with van der Waals surface area (Å²) in [5.74, 6) is 0. The van der Waals surface area contributed by atoms with Gasteiger partial charge in [-0.2, -0.15) is 0 Å². The molecule has 0 fully saturated rings. The largest absolute Gasteiger partial charge is 0.247 e. The average molecular weight is 187 g/mol. The van der Waals surface area contributed by atoms with Crippen molar-refractivity contribution in [1.82, 2.24) is 0 Å². The molecule has 1 atom stereocenters. The maximum Gasteiger partial charge on any atom is 0.100 e. The lowest BCUT2D eigenvalue weighted by atomic mass is 10.1. The summed E-state index contributed by atoms with van der Waals surface area (Å²) in [6.45, 7) is 5.56. The third kappa shape index (κ3) is 11.9. The van der Waals surface area contributed by atoms with Crippen molar-refractivity contribution in [1.29, 1.82) is 0 Å². The van der Waals surface area contributed by atoms with Crippen LogP contribution in [0, 0.1) is 6.92 Å². The molecule has 1 unspecified atom stereocenters. The van der Waals surface area contributed by atoms with Crippen LogP contribution < -0.4 is 0 Å². The SMILES string of the molecule is [CH2]C(F)CCCCCCCCCC. The molecule has 0 aliphatic carbocycles. The summed E-state index contributed by atoms with van der Waals surface area (Å²) in [7, 11) is 0. The molecule has 79 valence electrons. The van der Waals surface area contributed by atoms with E-state index in [0.717, 1.165) is 6.42 Å². The highest BCUT2D eigenvalue weighted by Crippen LogP contribution is 2.11. The monoisotopic (exact) mass is 187 g/mol. The van der Waals surface area contributed by atoms with E-state index in [9.17, 15) is 4.39 Å². The highest BCUT2D eigenvalue weighted by atomic mass is 19.1. The zero-order chi connectivity index (χ0) is 9.94. The van der Waals surface area contributed by atoms with Gasteiger partial charge in [-0.1, -0.05) is 58.3 Å². The minimum Gasteiger partial charge on any atom is -0.247 e. The molecule has 0 N–H and O–H groups in total. The molecule has 0 rings (SSSR count). The van der Waals surface area contributed by atoms with Crippen molar-refractivity contribution in [2.24, 2.45) is 0 Å². The predicted molar refractivity (Wildman–Crippen MR) is 57.5 cm³/mol. The molecular weight excluding hydrogens is 163 g/mol. The number of halogens is 1. The van der Waals surface area contributed by atoms with E-state index in [1.54, 1.807) is 0 Å². The van der Waals surface area contributed by atoms with E-state index in [1.807, 2.05) is 0 Å². The van der Waals surface area contributed by atoms with Crippen LogP contribution in [0.25, 0.3) is 0 Å². The fourth-order valence-electron chi connectivity index (χ4n) is 1.50. The van der Waals surface area contributed by atoms with E-state index in [0.29, 0.717) is 6.42 Å². The lowest BCUT2D eigenvalue weighted by molar-refractivity contribution is 0.361. The molecule has 0 aromatic carbocycles. The van der Waals surface area contributed by atoms with Gasteiger partial charge in [0, 0.05) is 0 Å². The van der Waals surface area contributed by atoms with E-state index in [-0.39, 0.29) is 0 Å². The van der Waals surface area contributed by atoms with Gasteiger partial charge in [-0.3, -0.25) is 0 Å². The van der Waals surface area contributed by atoms with Crippen LogP contribution in [-0.4, -0.2) is 6.17 Å². The Bertz CT molecular complexity index is 89.1. The quantitative estimate of drug-likeness (QED) is 0.459. The third-order valence-corrected chi connectivity index (χ3v) is 2.37. The highest BCUT2D eigenvalue weighted by Gasteiger charge is 1.97. The van der Waals surface area contributed by atoms with E-state index in [1.165, 1.54) is 44.9 Å². The van der Waals surface area contributed by atoms with Gasteiger partial charge < -0.3 is 0 Å². The topological polar surface area (TPSA) is 0 Å². The summed E-state index contributed by atoms with van der Waals surface area (Å²) >= 11 is 0. The Morgan fingerprint density at radius 3 is 1.85 bits per heavy atom. The molecule has 1 heteroatoms. The Morgan fingerprint density at radius 1 is 0.923 bits per heavy atom. The van der Waals surface area contributed by atoms with Gasteiger partial charge in [-0.25, -0.2) is 4.39 Å². The summed E-state index contributed by atoms with van der Waals surface area (Å²) in [5.41, 5.74) is 0. The molecule has 1 radical (unpaired) electrons. The third-order valence-electron chi connectivity index (χ3n) is 2.37. The zero-order valence-electron chi connectivity index (χ0n) is 9.03. The van der Waals surface area contributed by atoms with E-state index in [4.69, 9.17) is 0 Å². The second-order valence-corrected chi connectivity index (χ2v) is 3.86. The summed E-state index contributed by atoms with van der Waals surface area (Å²) in [6, 6.07) is 0. The summed E-state index contributed by atoms with van der Waals surface area (Å²) in [5, 5.41) is 0. The lowest BCUT2D eigenvalue weighted by Gasteiger charge is -2.02. The molecule has 0 amide bonds. The van der Waals surface area contributed by atoms with Crippen LogP contribution in [0.15, 0.2) is 0 Å². The van der Waals surface area contributed by atoms with Crippen molar-refractivity contribution in [3.05, 3.63) is 6.92 Å². The second kappa shape index (κ2) is 10.0. The number of alkyl halides is 1. The van der Waals surface area contributed by atoms with Gasteiger partial charge in [-0.15, -0.1) is 0 Å². The van der Waals surface area contributed by atoms with Crippen molar-refractivity contribution in [2.45, 2.75) is 70.9 Å². The van der Waals surface area contributed by atoms with Gasteiger partial charge >= 0.3 is 0 Å². The normalized spacial score (nSPS) is 13.2. The van der Waals surface area contributed by atoms with Crippen LogP contribution >= 0.6 is 0 Å². The summed E-state index contributed by atoms with van der Waals surface area (Å²) in [6.07, 6.45) is 10.0. The minimum atomic E-state index is -0.847. The van der Waals surface area contributed by atoms with E-state index < -0.39 is 6.17 Å². The van der Waals surface area contributed by atoms with Crippen molar-refractivity contribution in [3.63, 3.8) is 0 Å². The Balaban J connectivity index is 2.84. The maximum atomic E-state index is 12.3. The molecule has 0 saturated carbocycles. The number of hydrogen-bond donors (Lipinski definition) is 0. The molecule has 0 nitrogen and oxygen atoms in total. The van der Waals surface area contributed by atoms with Crippen LogP contribution in [0.5, 0.6) is 0 Å². The molecule has 0 spiro atoms. The standard InChI is InChI=1S/C12H24F/c1-3-4-5-6-7-8-9-10-11-12(2)13/h12H,2-11H2,1H3. The van der Waals surface area contributed by atoms with Crippen molar-refractivity contribution < 1.29 is 4.39 Å². The van der Waals surface area contributed by atoms with Crippen molar-refractivity contribution >= 4 is 0 Å². The molecule has 13 heavy (non-hydrogen) atoms. The molecule has 0 saturated heterocycles. The summed E-state index contributed by atoms with van der Waals surface area (Å²) in [4.78, 5) is 0. The fourth-order valence-corrected chi connectivity index (χ4v) is 1.50. The first-order valence-corrected chi connectivity index (χ1v) is 5.74.